The summed E-state index contributed by atoms with van der Waals surface area (Å²) in [5.74, 6) is 0. The van der Waals surface area contributed by atoms with Crippen LogP contribution in [-0.4, -0.2) is 25.8 Å². The molecule has 0 saturated heterocycles. The van der Waals surface area contributed by atoms with Crippen molar-refractivity contribution in [3.63, 3.8) is 0 Å². The first-order valence-electron chi connectivity index (χ1n) is 4.91. The van der Waals surface area contributed by atoms with Crippen LogP contribution >= 0.6 is 27.3 Å². The third-order valence-corrected chi connectivity index (χ3v) is 6.38. The summed E-state index contributed by atoms with van der Waals surface area (Å²) in [4.78, 5) is 0. The molecule has 1 aromatic heterocycles. The van der Waals surface area contributed by atoms with E-state index in [1.54, 1.807) is 16.4 Å². The van der Waals surface area contributed by atoms with E-state index < -0.39 is 10.0 Å². The molecule has 0 N–H and O–H groups in total. The zero-order valence-corrected chi connectivity index (χ0v) is 12.0. The smallest absolute Gasteiger partial charge is 0.206 e. The van der Waals surface area contributed by atoms with Crippen LogP contribution in [0.1, 0.15) is 13.3 Å². The van der Waals surface area contributed by atoms with Crippen molar-refractivity contribution in [2.45, 2.75) is 17.6 Å². The van der Waals surface area contributed by atoms with Gasteiger partial charge in [0.1, 0.15) is 4.21 Å². The van der Waals surface area contributed by atoms with Gasteiger partial charge >= 0.3 is 0 Å². The molecule has 0 fully saturated rings. The van der Waals surface area contributed by atoms with Crippen LogP contribution in [0.4, 0.5) is 0 Å². The Labute approximate surface area is 108 Å². The first-order chi connectivity index (χ1) is 7.50. The summed E-state index contributed by atoms with van der Waals surface area (Å²) >= 11 is 4.54. The number of halogens is 1. The highest BCUT2D eigenvalue weighted by Gasteiger charge is 2.27. The van der Waals surface area contributed by atoms with E-state index in [4.69, 9.17) is 0 Å². The molecule has 3 nitrogen and oxygen atoms in total. The largest absolute Gasteiger partial charge is 0.252 e. The second-order valence-electron chi connectivity index (χ2n) is 3.74. The highest BCUT2D eigenvalue weighted by molar-refractivity contribution is 9.11. The average Bonchev–Trinajstić information content (AvgIpc) is 2.65. The minimum Gasteiger partial charge on any atom is -0.206 e. The van der Waals surface area contributed by atoms with Gasteiger partial charge in [-0.05, 0) is 41.4 Å². The van der Waals surface area contributed by atoms with E-state index >= 15 is 0 Å². The average molecular weight is 322 g/mol. The van der Waals surface area contributed by atoms with Gasteiger partial charge in [0.2, 0.25) is 0 Å². The third-order valence-electron chi connectivity index (χ3n) is 2.44. The second kappa shape index (κ2) is 4.60. The first kappa shape index (κ1) is 12.3. The first-order valence-corrected chi connectivity index (χ1v) is 7.96. The van der Waals surface area contributed by atoms with Gasteiger partial charge in [-0.3, -0.25) is 0 Å². The van der Waals surface area contributed by atoms with Crippen molar-refractivity contribution in [2.75, 3.05) is 13.1 Å². The van der Waals surface area contributed by atoms with Gasteiger partial charge < -0.3 is 0 Å². The van der Waals surface area contributed by atoms with Crippen molar-refractivity contribution in [3.8, 4) is 0 Å². The fraction of sp³-hybridized carbons (Fsp3) is 0.400. The predicted octanol–water partition coefficient (Wildman–Crippen LogP) is 2.85. The minimum absolute atomic E-state index is 0.411. The summed E-state index contributed by atoms with van der Waals surface area (Å²) in [5.41, 5.74) is 1.12. The maximum Gasteiger partial charge on any atom is 0.252 e. The molecule has 2 rings (SSSR count). The lowest BCUT2D eigenvalue weighted by atomic mass is 10.2. The topological polar surface area (TPSA) is 37.4 Å². The summed E-state index contributed by atoms with van der Waals surface area (Å²) in [6, 6.07) is 3.42. The van der Waals surface area contributed by atoms with Crippen molar-refractivity contribution in [1.29, 1.82) is 0 Å². The maximum atomic E-state index is 12.2. The summed E-state index contributed by atoms with van der Waals surface area (Å²) in [7, 11) is -3.29. The fourth-order valence-electron chi connectivity index (χ4n) is 1.65. The molecule has 2 heterocycles. The van der Waals surface area contributed by atoms with E-state index in [0.717, 1.165) is 15.8 Å². The second-order valence-corrected chi connectivity index (χ2v) is 8.36. The van der Waals surface area contributed by atoms with Crippen LogP contribution in [0.3, 0.4) is 0 Å². The van der Waals surface area contributed by atoms with Crippen molar-refractivity contribution in [1.82, 2.24) is 4.31 Å². The monoisotopic (exact) mass is 321 g/mol. The Balaban J connectivity index is 2.30. The lowest BCUT2D eigenvalue weighted by Crippen LogP contribution is -2.34. The number of nitrogens with zero attached hydrogens (tertiary/aromatic N) is 1. The van der Waals surface area contributed by atoms with E-state index in [1.807, 2.05) is 6.92 Å². The molecule has 0 saturated carbocycles. The molecule has 0 amide bonds. The molecular weight excluding hydrogens is 310 g/mol. The van der Waals surface area contributed by atoms with Crippen LogP contribution in [0.2, 0.25) is 0 Å². The van der Waals surface area contributed by atoms with Gasteiger partial charge in [-0.15, -0.1) is 11.3 Å². The van der Waals surface area contributed by atoms with Crippen LogP contribution in [0.5, 0.6) is 0 Å². The zero-order valence-electron chi connectivity index (χ0n) is 8.81. The molecule has 0 spiro atoms. The molecule has 0 unspecified atom stereocenters. The Morgan fingerprint density at radius 2 is 2.19 bits per heavy atom. The standard InChI is InChI=1S/C10H12BrNO2S2/c1-8-3-2-6-12(7-8)16(13,14)10-5-4-9(11)15-10/h3-5H,2,6-7H2,1H3. The van der Waals surface area contributed by atoms with Crippen LogP contribution < -0.4 is 0 Å². The lowest BCUT2D eigenvalue weighted by molar-refractivity contribution is 0.429. The van der Waals surface area contributed by atoms with Crippen molar-refractivity contribution >= 4 is 37.3 Å². The van der Waals surface area contributed by atoms with Gasteiger partial charge in [0, 0.05) is 13.1 Å². The Kier molecular flexibility index (Phi) is 3.53. The van der Waals surface area contributed by atoms with Crippen molar-refractivity contribution in [3.05, 3.63) is 27.6 Å². The van der Waals surface area contributed by atoms with E-state index in [9.17, 15) is 8.42 Å². The van der Waals surface area contributed by atoms with Crippen LogP contribution in [-0.2, 0) is 10.0 Å². The number of thiophene rings is 1. The van der Waals surface area contributed by atoms with Crippen LogP contribution in [0.15, 0.2) is 31.8 Å². The number of hydrogen-bond donors (Lipinski definition) is 0. The quantitative estimate of drug-likeness (QED) is 0.785. The molecule has 0 atom stereocenters. The molecule has 16 heavy (non-hydrogen) atoms. The van der Waals surface area contributed by atoms with Gasteiger partial charge in [-0.25, -0.2) is 8.42 Å². The molecule has 88 valence electrons. The number of sulfonamides is 1. The molecule has 6 heteroatoms. The van der Waals surface area contributed by atoms with E-state index in [2.05, 4.69) is 22.0 Å². The molecule has 1 aromatic rings. The molecule has 1 aliphatic rings. The van der Waals surface area contributed by atoms with E-state index in [1.165, 1.54) is 11.3 Å². The lowest BCUT2D eigenvalue weighted by Gasteiger charge is -2.24. The van der Waals surface area contributed by atoms with Gasteiger partial charge in [-0.1, -0.05) is 11.6 Å². The Morgan fingerprint density at radius 1 is 1.44 bits per heavy atom. The van der Waals surface area contributed by atoms with Crippen LogP contribution in [0, 0.1) is 0 Å². The van der Waals surface area contributed by atoms with Gasteiger partial charge in [0.15, 0.2) is 0 Å². The summed E-state index contributed by atoms with van der Waals surface area (Å²) in [6.45, 7) is 3.05. The van der Waals surface area contributed by atoms with E-state index in [-0.39, 0.29) is 0 Å². The Bertz CT molecular complexity index is 519. The SMILES string of the molecule is CC1=CCCN(S(=O)(=O)c2ccc(Br)s2)C1. The predicted molar refractivity (Wildman–Crippen MR) is 69.2 cm³/mol. The van der Waals surface area contributed by atoms with Gasteiger partial charge in [0.25, 0.3) is 10.0 Å². The van der Waals surface area contributed by atoms with Crippen molar-refractivity contribution in [2.24, 2.45) is 0 Å². The van der Waals surface area contributed by atoms with Crippen molar-refractivity contribution < 1.29 is 8.42 Å². The molecule has 1 aliphatic heterocycles. The van der Waals surface area contributed by atoms with Gasteiger partial charge in [-0.2, -0.15) is 4.31 Å². The Morgan fingerprint density at radius 3 is 2.75 bits per heavy atom. The number of rotatable bonds is 2. The highest BCUT2D eigenvalue weighted by Crippen LogP contribution is 2.29. The van der Waals surface area contributed by atoms with Gasteiger partial charge in [0.05, 0.1) is 3.79 Å². The zero-order chi connectivity index (χ0) is 11.8. The summed E-state index contributed by atoms with van der Waals surface area (Å²) < 4.78 is 27.3. The summed E-state index contributed by atoms with van der Waals surface area (Å²) in [5, 5.41) is 0. The normalized spacial score (nSPS) is 18.5. The molecule has 0 aromatic carbocycles. The third kappa shape index (κ3) is 2.40. The maximum absolute atomic E-state index is 12.2. The Hall–Kier alpha value is -0.170. The highest BCUT2D eigenvalue weighted by atomic mass is 79.9. The molecular formula is C10H12BrNO2S2. The number of hydrogen-bond acceptors (Lipinski definition) is 3. The fourth-order valence-corrected chi connectivity index (χ4v) is 5.31. The van der Waals surface area contributed by atoms with Crippen LogP contribution in [0.25, 0.3) is 0 Å². The molecule has 0 bridgehead atoms. The summed E-state index contributed by atoms with van der Waals surface area (Å²) in [6.07, 6.45) is 2.90. The molecule has 0 aliphatic carbocycles. The minimum atomic E-state index is -3.29. The molecule has 0 radical (unpaired) electrons. The van der Waals surface area contributed by atoms with E-state index in [0.29, 0.717) is 17.3 Å².